The van der Waals surface area contributed by atoms with Crippen molar-refractivity contribution in [3.8, 4) is 0 Å². The normalized spacial score (nSPS) is 24.1. The Kier molecular flexibility index (Phi) is 3.49. The van der Waals surface area contributed by atoms with Gasteiger partial charge in [0.25, 0.3) is 0 Å². The molecule has 4 heteroatoms. The third-order valence-corrected chi connectivity index (χ3v) is 1.50. The monoisotopic (exact) mass is 174 g/mol. The third kappa shape index (κ3) is 2.79. The van der Waals surface area contributed by atoms with E-state index < -0.39 is 6.29 Å². The number of carbonyl (C=O) groups is 1. The molecule has 0 aromatic carbocycles. The molecular weight excluding hydrogens is 160 g/mol. The fraction of sp³-hybridized carbons (Fsp3) is 0.875. The predicted molar refractivity (Wildman–Crippen MR) is 41.5 cm³/mol. The summed E-state index contributed by atoms with van der Waals surface area (Å²) in [6, 6.07) is 0. The van der Waals surface area contributed by atoms with Crippen molar-refractivity contribution in [2.75, 3.05) is 19.8 Å². The smallest absolute Gasteiger partial charge is 0.310 e. The van der Waals surface area contributed by atoms with Gasteiger partial charge in [0.2, 0.25) is 6.29 Å². The third-order valence-electron chi connectivity index (χ3n) is 1.50. The Hall–Kier alpha value is -0.610. The van der Waals surface area contributed by atoms with Crippen molar-refractivity contribution in [1.29, 1.82) is 0 Å². The molecule has 0 N–H and O–H groups in total. The van der Waals surface area contributed by atoms with Gasteiger partial charge in [-0.15, -0.1) is 0 Å². The zero-order valence-electron chi connectivity index (χ0n) is 7.41. The second-order valence-corrected chi connectivity index (χ2v) is 2.97. The van der Waals surface area contributed by atoms with Gasteiger partial charge in [0.15, 0.2) is 0 Å². The number of ether oxygens (including phenoxy) is 3. The van der Waals surface area contributed by atoms with Crippen LogP contribution in [0.5, 0.6) is 0 Å². The van der Waals surface area contributed by atoms with E-state index >= 15 is 0 Å². The largest absolute Gasteiger partial charge is 0.433 e. The molecule has 1 saturated heterocycles. The predicted octanol–water partition coefficient (Wildman–Crippen LogP) is 0.558. The minimum absolute atomic E-state index is 0.115. The number of carbonyl (C=O) groups excluding carboxylic acids is 1. The van der Waals surface area contributed by atoms with Gasteiger partial charge in [-0.1, -0.05) is 13.8 Å². The van der Waals surface area contributed by atoms with Crippen LogP contribution in [0.1, 0.15) is 13.8 Å². The van der Waals surface area contributed by atoms with E-state index in [1.54, 1.807) is 13.8 Å². The van der Waals surface area contributed by atoms with Crippen LogP contribution in [0.15, 0.2) is 0 Å². The molecule has 1 rings (SSSR count). The summed E-state index contributed by atoms with van der Waals surface area (Å²) in [5.74, 6) is -0.360. The molecule has 0 spiro atoms. The van der Waals surface area contributed by atoms with E-state index in [-0.39, 0.29) is 11.9 Å². The Bertz CT molecular complexity index is 149. The number of esters is 1. The average Bonchev–Trinajstić information content (AvgIpc) is 2.06. The Labute approximate surface area is 71.8 Å². The maximum Gasteiger partial charge on any atom is 0.310 e. The van der Waals surface area contributed by atoms with E-state index in [1.165, 1.54) is 0 Å². The summed E-state index contributed by atoms with van der Waals surface area (Å²) in [5.41, 5.74) is 0. The van der Waals surface area contributed by atoms with Crippen molar-refractivity contribution >= 4 is 5.97 Å². The zero-order chi connectivity index (χ0) is 8.97. The molecule has 1 heterocycles. The molecule has 0 aromatic rings. The van der Waals surface area contributed by atoms with Crippen LogP contribution in [0.25, 0.3) is 0 Å². The van der Waals surface area contributed by atoms with Crippen LogP contribution >= 0.6 is 0 Å². The molecule has 0 aromatic heterocycles. The van der Waals surface area contributed by atoms with Crippen LogP contribution in [-0.4, -0.2) is 32.1 Å². The highest BCUT2D eigenvalue weighted by Gasteiger charge is 2.20. The van der Waals surface area contributed by atoms with E-state index in [4.69, 9.17) is 14.2 Å². The number of hydrogen-bond acceptors (Lipinski definition) is 4. The first-order valence-corrected chi connectivity index (χ1v) is 4.10. The molecule has 0 bridgehead atoms. The summed E-state index contributed by atoms with van der Waals surface area (Å²) in [6.07, 6.45) is -0.506. The molecule has 0 amide bonds. The maximum atomic E-state index is 11.1. The molecule has 1 fully saturated rings. The minimum Gasteiger partial charge on any atom is -0.433 e. The van der Waals surface area contributed by atoms with Gasteiger partial charge < -0.3 is 14.2 Å². The molecule has 0 unspecified atom stereocenters. The van der Waals surface area contributed by atoms with Crippen LogP contribution in [-0.2, 0) is 19.0 Å². The number of hydrogen-bond donors (Lipinski definition) is 0. The van der Waals surface area contributed by atoms with Gasteiger partial charge in [-0.3, -0.25) is 4.79 Å². The van der Waals surface area contributed by atoms with E-state index in [9.17, 15) is 4.79 Å². The van der Waals surface area contributed by atoms with Gasteiger partial charge in [0, 0.05) is 0 Å². The fourth-order valence-corrected chi connectivity index (χ4v) is 0.800. The van der Waals surface area contributed by atoms with Gasteiger partial charge in [0.05, 0.1) is 19.1 Å². The van der Waals surface area contributed by atoms with Gasteiger partial charge in [-0.25, -0.2) is 0 Å². The highest BCUT2D eigenvalue weighted by molar-refractivity contribution is 5.71. The summed E-state index contributed by atoms with van der Waals surface area (Å²) in [7, 11) is 0. The lowest BCUT2D eigenvalue weighted by Gasteiger charge is -2.23. The maximum absolute atomic E-state index is 11.1. The van der Waals surface area contributed by atoms with Gasteiger partial charge >= 0.3 is 5.97 Å². The first kappa shape index (κ1) is 9.48. The lowest BCUT2D eigenvalue weighted by atomic mass is 10.2. The summed E-state index contributed by atoms with van der Waals surface area (Å²) in [6.45, 7) is 4.99. The second-order valence-electron chi connectivity index (χ2n) is 2.97. The molecule has 0 aliphatic carbocycles. The highest BCUT2D eigenvalue weighted by Crippen LogP contribution is 2.05. The molecular formula is C8H14O4. The molecule has 0 saturated carbocycles. The molecule has 1 aliphatic heterocycles. The summed E-state index contributed by atoms with van der Waals surface area (Å²) >= 11 is 0. The lowest BCUT2D eigenvalue weighted by Crippen LogP contribution is -2.33. The van der Waals surface area contributed by atoms with Crippen LogP contribution in [0.3, 0.4) is 0 Å². The van der Waals surface area contributed by atoms with E-state index in [2.05, 4.69) is 0 Å². The fourth-order valence-electron chi connectivity index (χ4n) is 0.800. The van der Waals surface area contributed by atoms with Crippen molar-refractivity contribution < 1.29 is 19.0 Å². The summed E-state index contributed by atoms with van der Waals surface area (Å²) in [4.78, 5) is 11.1. The molecule has 1 atom stereocenters. The van der Waals surface area contributed by atoms with Crippen molar-refractivity contribution in [3.05, 3.63) is 0 Å². The highest BCUT2D eigenvalue weighted by atomic mass is 16.7. The van der Waals surface area contributed by atoms with Crippen LogP contribution in [0.2, 0.25) is 0 Å². The summed E-state index contributed by atoms with van der Waals surface area (Å²) < 4.78 is 15.2. The van der Waals surface area contributed by atoms with E-state index in [0.717, 1.165) is 0 Å². The van der Waals surface area contributed by atoms with Crippen molar-refractivity contribution in [2.45, 2.75) is 20.1 Å². The summed E-state index contributed by atoms with van der Waals surface area (Å²) in [5, 5.41) is 0. The molecule has 0 radical (unpaired) electrons. The zero-order valence-corrected chi connectivity index (χ0v) is 7.41. The molecule has 12 heavy (non-hydrogen) atoms. The first-order chi connectivity index (χ1) is 5.70. The van der Waals surface area contributed by atoms with Crippen molar-refractivity contribution in [3.63, 3.8) is 0 Å². The second kappa shape index (κ2) is 4.42. The van der Waals surface area contributed by atoms with Crippen molar-refractivity contribution in [2.24, 2.45) is 5.92 Å². The molecule has 70 valence electrons. The Morgan fingerprint density at radius 3 is 2.75 bits per heavy atom. The van der Waals surface area contributed by atoms with Gasteiger partial charge in [-0.2, -0.15) is 0 Å². The topological polar surface area (TPSA) is 44.8 Å². The Morgan fingerprint density at radius 2 is 2.25 bits per heavy atom. The SMILES string of the molecule is CC(C)C(=O)O[C@@H]1COCCO1. The van der Waals surface area contributed by atoms with Crippen molar-refractivity contribution in [1.82, 2.24) is 0 Å². The van der Waals surface area contributed by atoms with Gasteiger partial charge in [-0.05, 0) is 0 Å². The average molecular weight is 174 g/mol. The van der Waals surface area contributed by atoms with Crippen LogP contribution in [0.4, 0.5) is 0 Å². The van der Waals surface area contributed by atoms with Gasteiger partial charge in [0.1, 0.15) is 6.61 Å². The molecule has 4 nitrogen and oxygen atoms in total. The standard InChI is InChI=1S/C8H14O4/c1-6(2)8(9)12-7-5-10-3-4-11-7/h6-7H,3-5H2,1-2H3/t7-/m1/s1. The van der Waals surface area contributed by atoms with E-state index in [1.807, 2.05) is 0 Å². The Morgan fingerprint density at radius 1 is 1.50 bits per heavy atom. The number of rotatable bonds is 2. The molecule has 1 aliphatic rings. The van der Waals surface area contributed by atoms with E-state index in [0.29, 0.717) is 19.8 Å². The quantitative estimate of drug-likeness (QED) is 0.574. The minimum atomic E-state index is -0.506. The van der Waals surface area contributed by atoms with Crippen LogP contribution < -0.4 is 0 Å². The lowest BCUT2D eigenvalue weighted by molar-refractivity contribution is -0.216. The van der Waals surface area contributed by atoms with Crippen LogP contribution in [0, 0.1) is 5.92 Å². The Balaban J connectivity index is 2.24. The first-order valence-electron chi connectivity index (χ1n) is 4.10.